The van der Waals surface area contributed by atoms with Crippen LogP contribution in [0.15, 0.2) is 48.5 Å². The molecule has 0 saturated carbocycles. The molecule has 1 aliphatic rings. The maximum atomic E-state index is 12.8. The number of likely N-dealkylation sites (tertiary alicyclic amines) is 1. The van der Waals surface area contributed by atoms with Gasteiger partial charge in [0.05, 0.1) is 7.11 Å². The number of hydrogen-bond acceptors (Lipinski definition) is 2. The molecular formula is C20H22INO2. The van der Waals surface area contributed by atoms with Gasteiger partial charge in [-0.05, 0) is 77.4 Å². The lowest BCUT2D eigenvalue weighted by atomic mass is 9.94. The first-order valence-corrected chi connectivity index (χ1v) is 9.44. The van der Waals surface area contributed by atoms with Crippen LogP contribution in [0.3, 0.4) is 0 Å². The predicted molar refractivity (Wildman–Crippen MR) is 105 cm³/mol. The number of carbonyl (C=O) groups is 1. The summed E-state index contributed by atoms with van der Waals surface area (Å²) in [4.78, 5) is 14.9. The highest BCUT2D eigenvalue weighted by Gasteiger charge is 2.24. The molecule has 1 saturated heterocycles. The van der Waals surface area contributed by atoms with E-state index in [1.807, 2.05) is 41.3 Å². The SMILES string of the molecule is COc1ccc(C2CCCCN(C(=O)c3ccc(I)cc3)C2)cc1. The van der Waals surface area contributed by atoms with Gasteiger partial charge in [-0.25, -0.2) is 0 Å². The summed E-state index contributed by atoms with van der Waals surface area (Å²) in [5.74, 6) is 1.41. The van der Waals surface area contributed by atoms with Crippen molar-refractivity contribution in [3.05, 3.63) is 63.2 Å². The lowest BCUT2D eigenvalue weighted by Gasteiger charge is -2.25. The predicted octanol–water partition coefficient (Wildman–Crippen LogP) is 4.71. The Morgan fingerprint density at radius 3 is 2.46 bits per heavy atom. The monoisotopic (exact) mass is 435 g/mol. The normalized spacial score (nSPS) is 18.1. The first-order valence-electron chi connectivity index (χ1n) is 8.36. The van der Waals surface area contributed by atoms with Crippen molar-refractivity contribution in [1.82, 2.24) is 4.90 Å². The lowest BCUT2D eigenvalue weighted by Crippen LogP contribution is -2.34. The second-order valence-corrected chi connectivity index (χ2v) is 7.47. The topological polar surface area (TPSA) is 29.5 Å². The van der Waals surface area contributed by atoms with E-state index in [1.165, 1.54) is 5.56 Å². The van der Waals surface area contributed by atoms with Gasteiger partial charge in [-0.15, -0.1) is 0 Å². The molecule has 0 aromatic heterocycles. The fraction of sp³-hybridized carbons (Fsp3) is 0.350. The van der Waals surface area contributed by atoms with E-state index >= 15 is 0 Å². The Hall–Kier alpha value is -1.56. The molecule has 1 fully saturated rings. The van der Waals surface area contributed by atoms with E-state index < -0.39 is 0 Å². The van der Waals surface area contributed by atoms with Gasteiger partial charge in [-0.2, -0.15) is 0 Å². The third-order valence-corrected chi connectivity index (χ3v) is 5.36. The fourth-order valence-electron chi connectivity index (χ4n) is 3.25. The Balaban J connectivity index is 1.76. The van der Waals surface area contributed by atoms with Gasteiger partial charge in [-0.1, -0.05) is 18.6 Å². The van der Waals surface area contributed by atoms with E-state index in [-0.39, 0.29) is 5.91 Å². The molecule has 1 atom stereocenters. The van der Waals surface area contributed by atoms with Gasteiger partial charge in [0.1, 0.15) is 5.75 Å². The Morgan fingerprint density at radius 1 is 1.08 bits per heavy atom. The molecule has 0 N–H and O–H groups in total. The molecule has 0 spiro atoms. The van der Waals surface area contributed by atoms with Crippen LogP contribution >= 0.6 is 22.6 Å². The second-order valence-electron chi connectivity index (χ2n) is 6.22. The van der Waals surface area contributed by atoms with E-state index in [4.69, 9.17) is 4.74 Å². The van der Waals surface area contributed by atoms with Crippen LogP contribution in [0, 0.1) is 3.57 Å². The van der Waals surface area contributed by atoms with Crippen molar-refractivity contribution < 1.29 is 9.53 Å². The van der Waals surface area contributed by atoms with Crippen molar-refractivity contribution in [3.8, 4) is 5.75 Å². The number of nitrogens with zero attached hydrogens (tertiary/aromatic N) is 1. The zero-order valence-corrected chi connectivity index (χ0v) is 16.0. The minimum absolute atomic E-state index is 0.145. The highest BCUT2D eigenvalue weighted by atomic mass is 127. The van der Waals surface area contributed by atoms with Gasteiger partial charge < -0.3 is 9.64 Å². The van der Waals surface area contributed by atoms with Crippen LogP contribution in [0.4, 0.5) is 0 Å². The van der Waals surface area contributed by atoms with E-state index in [2.05, 4.69) is 34.7 Å². The summed E-state index contributed by atoms with van der Waals surface area (Å²) in [6.45, 7) is 1.63. The summed E-state index contributed by atoms with van der Waals surface area (Å²) in [5, 5.41) is 0. The molecule has 2 aromatic carbocycles. The Morgan fingerprint density at radius 2 is 1.79 bits per heavy atom. The highest BCUT2D eigenvalue weighted by molar-refractivity contribution is 14.1. The number of rotatable bonds is 3. The Bertz CT molecular complexity index is 682. The Labute approximate surface area is 157 Å². The van der Waals surface area contributed by atoms with Gasteiger partial charge in [0, 0.05) is 28.1 Å². The molecule has 1 amide bonds. The molecule has 0 bridgehead atoms. The van der Waals surface area contributed by atoms with Crippen LogP contribution in [-0.2, 0) is 0 Å². The molecule has 1 aliphatic heterocycles. The van der Waals surface area contributed by atoms with Crippen LogP contribution in [0.5, 0.6) is 5.75 Å². The molecule has 2 aromatic rings. The van der Waals surface area contributed by atoms with Crippen LogP contribution in [0.2, 0.25) is 0 Å². The maximum Gasteiger partial charge on any atom is 0.253 e. The number of hydrogen-bond donors (Lipinski definition) is 0. The third-order valence-electron chi connectivity index (χ3n) is 4.64. The summed E-state index contributed by atoms with van der Waals surface area (Å²) >= 11 is 2.26. The molecule has 4 heteroatoms. The maximum absolute atomic E-state index is 12.8. The summed E-state index contributed by atoms with van der Waals surface area (Å²) in [5.41, 5.74) is 2.07. The van der Waals surface area contributed by atoms with E-state index in [9.17, 15) is 4.79 Å². The molecule has 0 aliphatic carbocycles. The quantitative estimate of drug-likeness (QED) is 0.654. The number of halogens is 1. The van der Waals surface area contributed by atoms with Crippen molar-refractivity contribution >= 4 is 28.5 Å². The number of benzene rings is 2. The molecule has 24 heavy (non-hydrogen) atoms. The van der Waals surface area contributed by atoms with Gasteiger partial charge >= 0.3 is 0 Å². The standard InChI is InChI=1S/C20H22INO2/c1-24-19-11-7-15(8-12-19)17-4-2-3-13-22(14-17)20(23)16-5-9-18(21)10-6-16/h5-12,17H,2-4,13-14H2,1H3. The summed E-state index contributed by atoms with van der Waals surface area (Å²) in [7, 11) is 1.68. The van der Waals surface area contributed by atoms with Crippen molar-refractivity contribution in [3.63, 3.8) is 0 Å². The van der Waals surface area contributed by atoms with Gasteiger partial charge in [0.2, 0.25) is 0 Å². The van der Waals surface area contributed by atoms with Crippen molar-refractivity contribution in [2.45, 2.75) is 25.2 Å². The first kappa shape index (κ1) is 17.3. The summed E-state index contributed by atoms with van der Waals surface area (Å²) in [6.07, 6.45) is 3.36. The minimum atomic E-state index is 0.145. The molecule has 3 rings (SSSR count). The lowest BCUT2D eigenvalue weighted by molar-refractivity contribution is 0.0754. The molecule has 1 heterocycles. The van der Waals surface area contributed by atoms with Crippen molar-refractivity contribution in [2.24, 2.45) is 0 Å². The molecule has 1 unspecified atom stereocenters. The van der Waals surface area contributed by atoms with Gasteiger partial charge in [-0.3, -0.25) is 4.79 Å². The number of carbonyl (C=O) groups excluding carboxylic acids is 1. The zero-order valence-electron chi connectivity index (χ0n) is 13.9. The van der Waals surface area contributed by atoms with Crippen molar-refractivity contribution in [2.75, 3.05) is 20.2 Å². The average molecular weight is 435 g/mol. The summed E-state index contributed by atoms with van der Waals surface area (Å²) < 4.78 is 6.39. The smallest absolute Gasteiger partial charge is 0.253 e. The average Bonchev–Trinajstić information content (AvgIpc) is 2.88. The van der Waals surface area contributed by atoms with Gasteiger partial charge in [0.15, 0.2) is 0 Å². The van der Waals surface area contributed by atoms with Crippen LogP contribution in [0.1, 0.15) is 41.1 Å². The van der Waals surface area contributed by atoms with Crippen LogP contribution in [-0.4, -0.2) is 31.0 Å². The van der Waals surface area contributed by atoms with Gasteiger partial charge in [0.25, 0.3) is 5.91 Å². The largest absolute Gasteiger partial charge is 0.497 e. The molecule has 126 valence electrons. The first-order chi connectivity index (χ1) is 11.7. The van der Waals surface area contributed by atoms with Crippen LogP contribution in [0.25, 0.3) is 0 Å². The van der Waals surface area contributed by atoms with Crippen molar-refractivity contribution in [1.29, 1.82) is 0 Å². The molecule has 3 nitrogen and oxygen atoms in total. The van der Waals surface area contributed by atoms with E-state index in [0.29, 0.717) is 5.92 Å². The summed E-state index contributed by atoms with van der Waals surface area (Å²) in [6, 6.07) is 16.1. The minimum Gasteiger partial charge on any atom is -0.497 e. The van der Waals surface area contributed by atoms with E-state index in [0.717, 1.165) is 47.2 Å². The third kappa shape index (κ3) is 4.09. The second kappa shape index (κ2) is 8.01. The Kier molecular flexibility index (Phi) is 5.76. The van der Waals surface area contributed by atoms with Crippen LogP contribution < -0.4 is 4.74 Å². The number of methoxy groups -OCH3 is 1. The number of ether oxygens (including phenoxy) is 1. The molecule has 0 radical (unpaired) electrons. The number of amides is 1. The highest BCUT2D eigenvalue weighted by Crippen LogP contribution is 2.28. The molecular weight excluding hydrogens is 413 g/mol. The zero-order chi connectivity index (χ0) is 16.9. The fourth-order valence-corrected chi connectivity index (χ4v) is 3.61. The van der Waals surface area contributed by atoms with E-state index in [1.54, 1.807) is 7.11 Å².